The second kappa shape index (κ2) is 10.4. The molecule has 4 aromatic carbocycles. The number of halogens is 1. The molecule has 4 aromatic rings. The van der Waals surface area contributed by atoms with E-state index in [1.165, 1.54) is 0 Å². The number of amides is 2. The molecule has 0 radical (unpaired) electrons. The summed E-state index contributed by atoms with van der Waals surface area (Å²) in [5.74, 6) is -0.0274. The molecular formula is C28H25ClN2O3. The van der Waals surface area contributed by atoms with Crippen molar-refractivity contribution in [3.8, 4) is 5.75 Å². The summed E-state index contributed by atoms with van der Waals surface area (Å²) in [5.41, 5.74) is 3.75. The standard InChI is InChI=1S/C28H25ClN2O3/c1-18-23-15-11-21(17-20(23)12-16-26(18)32)28(34)30-22-13-9-19(10-14-22)5-4-8-27(33)31-25-7-3-2-6-24(25)29/h2-3,6-7,9-17,32H,4-5,8H2,1H3,(H,30,34)(H,31,33). The molecule has 0 aliphatic rings. The van der Waals surface area contributed by atoms with Crippen molar-refractivity contribution in [2.75, 3.05) is 10.6 Å². The summed E-state index contributed by atoms with van der Waals surface area (Å²) in [6.45, 7) is 1.85. The van der Waals surface area contributed by atoms with Gasteiger partial charge in [0.15, 0.2) is 0 Å². The largest absolute Gasteiger partial charge is 0.508 e. The fraction of sp³-hybridized carbons (Fsp3) is 0.143. The minimum Gasteiger partial charge on any atom is -0.508 e. The van der Waals surface area contributed by atoms with E-state index in [4.69, 9.17) is 11.6 Å². The van der Waals surface area contributed by atoms with Gasteiger partial charge in [-0.15, -0.1) is 0 Å². The van der Waals surface area contributed by atoms with Gasteiger partial charge in [0, 0.05) is 17.7 Å². The van der Waals surface area contributed by atoms with Crippen LogP contribution < -0.4 is 10.6 Å². The van der Waals surface area contributed by atoms with E-state index in [-0.39, 0.29) is 17.6 Å². The molecule has 6 heteroatoms. The van der Waals surface area contributed by atoms with Gasteiger partial charge >= 0.3 is 0 Å². The van der Waals surface area contributed by atoms with Gasteiger partial charge in [0.2, 0.25) is 5.91 Å². The molecule has 5 nitrogen and oxygen atoms in total. The fourth-order valence-corrected chi connectivity index (χ4v) is 3.98. The Labute approximate surface area is 203 Å². The number of carbonyl (C=O) groups excluding carboxylic acids is 2. The topological polar surface area (TPSA) is 78.4 Å². The van der Waals surface area contributed by atoms with E-state index in [9.17, 15) is 14.7 Å². The first-order valence-electron chi connectivity index (χ1n) is 11.1. The molecule has 4 rings (SSSR count). The predicted molar refractivity (Wildman–Crippen MR) is 138 cm³/mol. The van der Waals surface area contributed by atoms with Gasteiger partial charge in [0.05, 0.1) is 10.7 Å². The summed E-state index contributed by atoms with van der Waals surface area (Å²) >= 11 is 6.07. The Morgan fingerprint density at radius 1 is 0.912 bits per heavy atom. The lowest BCUT2D eigenvalue weighted by Gasteiger charge is -2.09. The van der Waals surface area contributed by atoms with E-state index < -0.39 is 0 Å². The number of hydrogen-bond donors (Lipinski definition) is 3. The molecule has 3 N–H and O–H groups in total. The van der Waals surface area contributed by atoms with Crippen molar-refractivity contribution in [2.24, 2.45) is 0 Å². The third-order valence-corrected chi connectivity index (χ3v) is 6.08. The Morgan fingerprint density at radius 2 is 1.68 bits per heavy atom. The lowest BCUT2D eigenvalue weighted by atomic mass is 10.0. The van der Waals surface area contributed by atoms with Crippen LogP contribution >= 0.6 is 11.6 Å². The molecule has 0 spiro atoms. The Kier molecular flexibility index (Phi) is 7.14. The maximum Gasteiger partial charge on any atom is 0.255 e. The zero-order chi connectivity index (χ0) is 24.1. The summed E-state index contributed by atoms with van der Waals surface area (Å²) in [5, 5.41) is 17.9. The lowest BCUT2D eigenvalue weighted by molar-refractivity contribution is -0.116. The molecule has 0 bridgehead atoms. The van der Waals surface area contributed by atoms with Crippen molar-refractivity contribution in [3.05, 3.63) is 101 Å². The van der Waals surface area contributed by atoms with Crippen molar-refractivity contribution in [1.82, 2.24) is 0 Å². The van der Waals surface area contributed by atoms with Crippen molar-refractivity contribution in [3.63, 3.8) is 0 Å². The number of phenols is 1. The number of fused-ring (bicyclic) bond motifs is 1. The first-order valence-corrected chi connectivity index (χ1v) is 11.5. The first kappa shape index (κ1) is 23.3. The average molecular weight is 473 g/mol. The number of carbonyl (C=O) groups is 2. The number of phenolic OH excluding ortho intramolecular Hbond substituents is 1. The number of aromatic hydroxyl groups is 1. The molecule has 0 saturated carbocycles. The van der Waals surface area contributed by atoms with Crippen LogP contribution in [-0.4, -0.2) is 16.9 Å². The minimum atomic E-state index is -0.198. The monoisotopic (exact) mass is 472 g/mol. The highest BCUT2D eigenvalue weighted by Crippen LogP contribution is 2.27. The van der Waals surface area contributed by atoms with Crippen LogP contribution in [0.3, 0.4) is 0 Å². The highest BCUT2D eigenvalue weighted by Gasteiger charge is 2.10. The van der Waals surface area contributed by atoms with Crippen LogP contribution in [0.4, 0.5) is 11.4 Å². The molecule has 0 aromatic heterocycles. The van der Waals surface area contributed by atoms with Crippen LogP contribution in [0, 0.1) is 6.92 Å². The van der Waals surface area contributed by atoms with Crippen LogP contribution in [0.1, 0.15) is 34.3 Å². The van der Waals surface area contributed by atoms with E-state index >= 15 is 0 Å². The van der Waals surface area contributed by atoms with Crippen LogP contribution in [-0.2, 0) is 11.2 Å². The zero-order valence-electron chi connectivity index (χ0n) is 18.8. The fourth-order valence-electron chi connectivity index (χ4n) is 3.80. The van der Waals surface area contributed by atoms with Crippen LogP contribution in [0.25, 0.3) is 10.8 Å². The molecule has 172 valence electrons. The number of nitrogens with one attached hydrogen (secondary N) is 2. The third kappa shape index (κ3) is 5.56. The molecular weight excluding hydrogens is 448 g/mol. The maximum atomic E-state index is 12.7. The highest BCUT2D eigenvalue weighted by molar-refractivity contribution is 6.33. The summed E-state index contributed by atoms with van der Waals surface area (Å²) in [7, 11) is 0. The molecule has 0 aliphatic heterocycles. The molecule has 2 amide bonds. The Morgan fingerprint density at radius 3 is 2.44 bits per heavy atom. The van der Waals surface area contributed by atoms with Gasteiger partial charge in [-0.1, -0.05) is 48.0 Å². The SMILES string of the molecule is Cc1c(O)ccc2cc(C(=O)Nc3ccc(CCCC(=O)Nc4ccccc4Cl)cc3)ccc12. The summed E-state index contributed by atoms with van der Waals surface area (Å²) in [6, 6.07) is 23.7. The smallest absolute Gasteiger partial charge is 0.255 e. The van der Waals surface area contributed by atoms with Crippen LogP contribution in [0.2, 0.25) is 5.02 Å². The molecule has 0 fully saturated rings. The van der Waals surface area contributed by atoms with Gasteiger partial charge in [-0.2, -0.15) is 0 Å². The van der Waals surface area contributed by atoms with Gasteiger partial charge in [-0.3, -0.25) is 9.59 Å². The number of rotatable bonds is 7. The lowest BCUT2D eigenvalue weighted by Crippen LogP contribution is -2.12. The normalized spacial score (nSPS) is 10.8. The van der Waals surface area contributed by atoms with Gasteiger partial charge in [0.1, 0.15) is 5.75 Å². The van der Waals surface area contributed by atoms with Crippen molar-refractivity contribution >= 4 is 45.6 Å². The van der Waals surface area contributed by atoms with E-state index in [1.54, 1.807) is 30.3 Å². The van der Waals surface area contributed by atoms with E-state index in [0.717, 1.165) is 28.3 Å². The van der Waals surface area contributed by atoms with E-state index in [0.29, 0.717) is 34.8 Å². The highest BCUT2D eigenvalue weighted by atomic mass is 35.5. The second-order valence-electron chi connectivity index (χ2n) is 8.18. The number of anilines is 2. The molecule has 0 heterocycles. The van der Waals surface area contributed by atoms with Crippen molar-refractivity contribution in [2.45, 2.75) is 26.2 Å². The number of benzene rings is 4. The quantitative estimate of drug-likeness (QED) is 0.279. The minimum absolute atomic E-state index is 0.0715. The summed E-state index contributed by atoms with van der Waals surface area (Å²) < 4.78 is 0. The maximum absolute atomic E-state index is 12.7. The van der Waals surface area contributed by atoms with Gasteiger partial charge in [-0.25, -0.2) is 0 Å². The second-order valence-corrected chi connectivity index (χ2v) is 8.59. The number of para-hydroxylation sites is 1. The molecule has 34 heavy (non-hydrogen) atoms. The molecule has 0 saturated heterocycles. The van der Waals surface area contributed by atoms with E-state index in [2.05, 4.69) is 10.6 Å². The molecule has 0 atom stereocenters. The summed E-state index contributed by atoms with van der Waals surface area (Å²) in [6.07, 6.45) is 1.85. The van der Waals surface area contributed by atoms with Gasteiger partial charge < -0.3 is 15.7 Å². The van der Waals surface area contributed by atoms with E-state index in [1.807, 2.05) is 55.5 Å². The van der Waals surface area contributed by atoms with Crippen LogP contribution in [0.5, 0.6) is 5.75 Å². The Balaban J connectivity index is 1.30. The third-order valence-electron chi connectivity index (χ3n) is 5.75. The zero-order valence-corrected chi connectivity index (χ0v) is 19.5. The molecule has 0 unspecified atom stereocenters. The Hall–Kier alpha value is -3.83. The summed E-state index contributed by atoms with van der Waals surface area (Å²) in [4.78, 5) is 24.9. The number of aryl methyl sites for hydroxylation is 2. The Bertz CT molecular complexity index is 1350. The average Bonchev–Trinajstić information content (AvgIpc) is 2.84. The predicted octanol–water partition coefficient (Wildman–Crippen LogP) is 6.72. The van der Waals surface area contributed by atoms with Crippen molar-refractivity contribution < 1.29 is 14.7 Å². The van der Waals surface area contributed by atoms with Crippen LogP contribution in [0.15, 0.2) is 78.9 Å². The first-order chi connectivity index (χ1) is 16.4. The number of hydrogen-bond acceptors (Lipinski definition) is 3. The molecule has 0 aliphatic carbocycles. The van der Waals surface area contributed by atoms with Gasteiger partial charge in [-0.05, 0) is 84.1 Å². The van der Waals surface area contributed by atoms with Gasteiger partial charge in [0.25, 0.3) is 5.91 Å². The van der Waals surface area contributed by atoms with Crippen molar-refractivity contribution in [1.29, 1.82) is 0 Å².